The van der Waals surface area contributed by atoms with E-state index in [9.17, 15) is 18.4 Å². The summed E-state index contributed by atoms with van der Waals surface area (Å²) < 4.78 is 25.7. The molecule has 0 aromatic carbocycles. The highest BCUT2D eigenvalue weighted by atomic mass is 35.5. The van der Waals surface area contributed by atoms with Crippen molar-refractivity contribution in [2.24, 2.45) is 10.2 Å². The summed E-state index contributed by atoms with van der Waals surface area (Å²) >= 11 is 4.56. The lowest BCUT2D eigenvalue weighted by Crippen LogP contribution is -2.51. The maximum absolute atomic E-state index is 12.9. The topological polar surface area (TPSA) is 99.3 Å². The summed E-state index contributed by atoms with van der Waals surface area (Å²) in [6.07, 6.45) is 0.423. The molecule has 0 saturated carbocycles. The summed E-state index contributed by atoms with van der Waals surface area (Å²) in [6, 6.07) is 0. The molecule has 0 spiro atoms. The SMILES string of the molecule is O=C(O)C1=CN=NC1(C(=O)O)C(F)(F)Cl. The predicted octanol–water partition coefficient (Wildman–Crippen LogP) is 1.08. The van der Waals surface area contributed by atoms with Crippen LogP contribution in [0.3, 0.4) is 0 Å². The van der Waals surface area contributed by atoms with Crippen molar-refractivity contribution in [3.63, 3.8) is 0 Å². The molecule has 0 saturated heterocycles. The van der Waals surface area contributed by atoms with E-state index >= 15 is 0 Å². The number of carbonyl (C=O) groups is 2. The highest BCUT2D eigenvalue weighted by Gasteiger charge is 2.66. The molecule has 0 radical (unpaired) electrons. The maximum atomic E-state index is 12.9. The normalized spacial score (nSPS) is 25.1. The summed E-state index contributed by atoms with van der Waals surface area (Å²) in [4.78, 5) is 21.2. The van der Waals surface area contributed by atoms with Crippen molar-refractivity contribution >= 4 is 23.5 Å². The van der Waals surface area contributed by atoms with Gasteiger partial charge in [-0.1, -0.05) is 0 Å². The summed E-state index contributed by atoms with van der Waals surface area (Å²) in [5.41, 5.74) is -4.55. The smallest absolute Gasteiger partial charge is 0.363 e. The molecule has 82 valence electrons. The van der Waals surface area contributed by atoms with Gasteiger partial charge in [0.25, 0.3) is 5.54 Å². The molecule has 0 fully saturated rings. The van der Waals surface area contributed by atoms with Crippen LogP contribution in [-0.2, 0) is 9.59 Å². The van der Waals surface area contributed by atoms with Crippen LogP contribution in [0, 0.1) is 0 Å². The van der Waals surface area contributed by atoms with E-state index in [0.717, 1.165) is 0 Å². The monoisotopic (exact) mass is 240 g/mol. The molecule has 0 aromatic heterocycles. The van der Waals surface area contributed by atoms with Gasteiger partial charge in [-0.3, -0.25) is 0 Å². The molecular weight excluding hydrogens is 238 g/mol. The Morgan fingerprint density at radius 3 is 2.27 bits per heavy atom. The van der Waals surface area contributed by atoms with E-state index in [-0.39, 0.29) is 0 Å². The van der Waals surface area contributed by atoms with E-state index < -0.39 is 28.4 Å². The number of aliphatic carboxylic acids is 2. The second kappa shape index (κ2) is 3.23. The van der Waals surface area contributed by atoms with E-state index in [1.165, 1.54) is 0 Å². The summed E-state index contributed by atoms with van der Waals surface area (Å²) in [7, 11) is 0. The number of nitrogens with zero attached hydrogens (tertiary/aromatic N) is 2. The molecule has 0 aliphatic carbocycles. The number of alkyl halides is 3. The third-order valence-electron chi connectivity index (χ3n) is 1.73. The second-order valence-corrected chi connectivity index (χ2v) is 3.05. The lowest BCUT2D eigenvalue weighted by Gasteiger charge is -2.25. The average molecular weight is 241 g/mol. The number of carboxylic acids is 2. The van der Waals surface area contributed by atoms with Crippen LogP contribution in [0.5, 0.6) is 0 Å². The average Bonchev–Trinajstić information content (AvgIpc) is 2.45. The first kappa shape index (κ1) is 11.5. The van der Waals surface area contributed by atoms with Crippen molar-refractivity contribution in [1.82, 2.24) is 0 Å². The molecule has 1 atom stereocenters. The lowest BCUT2D eigenvalue weighted by atomic mass is 9.92. The van der Waals surface area contributed by atoms with Crippen molar-refractivity contribution in [2.45, 2.75) is 10.9 Å². The fraction of sp³-hybridized carbons (Fsp3) is 0.333. The third kappa shape index (κ3) is 1.46. The minimum Gasteiger partial charge on any atom is -0.479 e. The van der Waals surface area contributed by atoms with Crippen molar-refractivity contribution in [3.8, 4) is 0 Å². The Labute approximate surface area is 85.9 Å². The highest BCUT2D eigenvalue weighted by Crippen LogP contribution is 2.44. The predicted molar refractivity (Wildman–Crippen MR) is 41.7 cm³/mol. The Balaban J connectivity index is 3.38. The van der Waals surface area contributed by atoms with Crippen LogP contribution in [0.2, 0.25) is 0 Å². The molecule has 0 bridgehead atoms. The highest BCUT2D eigenvalue weighted by molar-refractivity contribution is 6.26. The molecule has 15 heavy (non-hydrogen) atoms. The standard InChI is InChI=1S/C6H3ClF2N2O4/c7-6(8,9)5(4(14)15)2(3(12)13)1-10-11-5/h1H,(H,12,13)(H,14,15). The zero-order valence-electron chi connectivity index (χ0n) is 6.82. The number of hydrogen-bond donors (Lipinski definition) is 2. The van der Waals surface area contributed by atoms with Crippen molar-refractivity contribution in [3.05, 3.63) is 11.8 Å². The van der Waals surface area contributed by atoms with Gasteiger partial charge < -0.3 is 10.2 Å². The minimum absolute atomic E-state index is 0.423. The van der Waals surface area contributed by atoms with Gasteiger partial charge in [-0.15, -0.1) is 0 Å². The quantitative estimate of drug-likeness (QED) is 0.721. The van der Waals surface area contributed by atoms with Gasteiger partial charge >= 0.3 is 17.3 Å². The van der Waals surface area contributed by atoms with Crippen molar-refractivity contribution < 1.29 is 28.6 Å². The molecule has 9 heteroatoms. The van der Waals surface area contributed by atoms with E-state index in [2.05, 4.69) is 21.8 Å². The van der Waals surface area contributed by atoms with Crippen LogP contribution in [0.1, 0.15) is 0 Å². The van der Waals surface area contributed by atoms with Gasteiger partial charge in [-0.25, -0.2) is 9.59 Å². The molecule has 6 nitrogen and oxygen atoms in total. The van der Waals surface area contributed by atoms with Gasteiger partial charge in [0.15, 0.2) is 0 Å². The van der Waals surface area contributed by atoms with E-state index in [4.69, 9.17) is 10.2 Å². The third-order valence-corrected chi connectivity index (χ3v) is 2.01. The number of hydrogen-bond acceptors (Lipinski definition) is 4. The Hall–Kier alpha value is -1.57. The van der Waals surface area contributed by atoms with Gasteiger partial charge in [0.2, 0.25) is 0 Å². The van der Waals surface area contributed by atoms with Crippen LogP contribution in [0.15, 0.2) is 22.0 Å². The Morgan fingerprint density at radius 1 is 1.47 bits per heavy atom. The molecule has 1 aliphatic heterocycles. The minimum atomic E-state index is -4.39. The fourth-order valence-corrected chi connectivity index (χ4v) is 1.24. The molecule has 1 aliphatic rings. The number of rotatable bonds is 3. The fourth-order valence-electron chi connectivity index (χ4n) is 1.02. The molecule has 0 aromatic rings. The van der Waals surface area contributed by atoms with Crippen LogP contribution in [-0.4, -0.2) is 33.1 Å². The number of halogens is 3. The van der Waals surface area contributed by atoms with Crippen molar-refractivity contribution in [2.75, 3.05) is 0 Å². The molecule has 1 heterocycles. The first-order valence-corrected chi connectivity index (χ1v) is 3.77. The zero-order valence-corrected chi connectivity index (χ0v) is 7.57. The van der Waals surface area contributed by atoms with Gasteiger partial charge in [-0.2, -0.15) is 19.0 Å². The van der Waals surface area contributed by atoms with Gasteiger partial charge in [0.1, 0.15) is 5.57 Å². The summed E-state index contributed by atoms with van der Waals surface area (Å²) in [5.74, 6) is -4.06. The Bertz CT molecular complexity index is 389. The van der Waals surface area contributed by atoms with Crippen molar-refractivity contribution in [1.29, 1.82) is 0 Å². The van der Waals surface area contributed by atoms with Crippen LogP contribution < -0.4 is 0 Å². The van der Waals surface area contributed by atoms with Crippen LogP contribution >= 0.6 is 11.6 Å². The maximum Gasteiger partial charge on any atom is 0.363 e. The van der Waals surface area contributed by atoms with Gasteiger partial charge in [0.05, 0.1) is 6.20 Å². The van der Waals surface area contributed by atoms with Gasteiger partial charge in [0, 0.05) is 0 Å². The number of carboxylic acid groups (broad SMARTS) is 2. The molecule has 0 amide bonds. The van der Waals surface area contributed by atoms with E-state index in [1.807, 2.05) is 0 Å². The Morgan fingerprint density at radius 2 is 2.00 bits per heavy atom. The van der Waals surface area contributed by atoms with Crippen LogP contribution in [0.4, 0.5) is 8.78 Å². The first-order chi connectivity index (χ1) is 6.73. The Kier molecular flexibility index (Phi) is 2.48. The lowest BCUT2D eigenvalue weighted by molar-refractivity contribution is -0.152. The molecule has 2 N–H and O–H groups in total. The van der Waals surface area contributed by atoms with Gasteiger partial charge in [-0.05, 0) is 11.6 Å². The number of azo groups is 1. The van der Waals surface area contributed by atoms with Crippen LogP contribution in [0.25, 0.3) is 0 Å². The van der Waals surface area contributed by atoms with E-state index in [0.29, 0.717) is 6.20 Å². The molecule has 1 unspecified atom stereocenters. The molecule has 1 rings (SSSR count). The van der Waals surface area contributed by atoms with E-state index in [1.54, 1.807) is 0 Å². The first-order valence-electron chi connectivity index (χ1n) is 3.39. The second-order valence-electron chi connectivity index (χ2n) is 2.58. The largest absolute Gasteiger partial charge is 0.479 e. The molecular formula is C6H3ClF2N2O4. The zero-order chi connectivity index (χ0) is 11.9. The summed E-state index contributed by atoms with van der Waals surface area (Å²) in [5, 5.41) is 18.3. The summed E-state index contributed by atoms with van der Waals surface area (Å²) in [6.45, 7) is 0.